The lowest BCUT2D eigenvalue weighted by Crippen LogP contribution is -2.28. The fourth-order valence-electron chi connectivity index (χ4n) is 10.2. The number of nitrogens with zero attached hydrogens (tertiary/aromatic N) is 1. The van der Waals surface area contributed by atoms with Crippen molar-refractivity contribution in [3.8, 4) is 22.3 Å². The Labute approximate surface area is 320 Å². The van der Waals surface area contributed by atoms with Gasteiger partial charge in [-0.3, -0.25) is 0 Å². The summed E-state index contributed by atoms with van der Waals surface area (Å²) in [5.74, 6) is 0.429. The second-order valence-corrected chi connectivity index (χ2v) is 16.5. The third-order valence-electron chi connectivity index (χ3n) is 12.7. The summed E-state index contributed by atoms with van der Waals surface area (Å²) in [4.78, 5) is 2.47. The van der Waals surface area contributed by atoms with Gasteiger partial charge in [0.15, 0.2) is 0 Å². The topological polar surface area (TPSA) is 3.24 Å². The summed E-state index contributed by atoms with van der Waals surface area (Å²) in [5, 5.41) is 0. The first-order valence-electron chi connectivity index (χ1n) is 19.5. The molecule has 0 radical (unpaired) electrons. The maximum absolute atomic E-state index is 2.47. The molecule has 0 fully saturated rings. The molecule has 54 heavy (non-hydrogen) atoms. The van der Waals surface area contributed by atoms with Gasteiger partial charge in [-0.1, -0.05) is 167 Å². The van der Waals surface area contributed by atoms with Gasteiger partial charge in [-0.2, -0.15) is 0 Å². The van der Waals surface area contributed by atoms with E-state index < -0.39 is 0 Å². The summed E-state index contributed by atoms with van der Waals surface area (Å²) in [6, 6.07) is 63.4. The molecular formula is C53H45N. The predicted octanol–water partition coefficient (Wildman–Crippen LogP) is 13.6. The van der Waals surface area contributed by atoms with Crippen molar-refractivity contribution in [1.82, 2.24) is 0 Å². The van der Waals surface area contributed by atoms with Gasteiger partial charge in [0.1, 0.15) is 0 Å². The van der Waals surface area contributed by atoms with E-state index in [9.17, 15) is 0 Å². The van der Waals surface area contributed by atoms with Gasteiger partial charge < -0.3 is 4.90 Å². The number of hydrogen-bond acceptors (Lipinski definition) is 1. The second-order valence-electron chi connectivity index (χ2n) is 16.5. The largest absolute Gasteiger partial charge is 0.310 e. The molecule has 0 N–H and O–H groups in total. The SMILES string of the molecule is CC1(C)C2=C(c3ccccc3C[C@H]2Cc2ccc(N(c3ccc4c(c3)C(C)(C)c3ccccc3-4)c3ccccc3-c3ccccc3)cc2)c2ccccc21. The normalized spacial score (nSPS) is 16.9. The van der Waals surface area contributed by atoms with Crippen LogP contribution in [0.25, 0.3) is 27.8 Å². The van der Waals surface area contributed by atoms with Crippen LogP contribution >= 0.6 is 0 Å². The Hall–Kier alpha value is -5.92. The lowest BCUT2D eigenvalue weighted by atomic mass is 9.69. The van der Waals surface area contributed by atoms with Gasteiger partial charge in [0.05, 0.1) is 5.69 Å². The van der Waals surface area contributed by atoms with Crippen LogP contribution in [-0.2, 0) is 23.7 Å². The number of para-hydroxylation sites is 1. The van der Waals surface area contributed by atoms with Gasteiger partial charge in [-0.15, -0.1) is 0 Å². The Morgan fingerprint density at radius 2 is 1.06 bits per heavy atom. The summed E-state index contributed by atoms with van der Waals surface area (Å²) < 4.78 is 0. The maximum atomic E-state index is 2.47. The molecule has 0 spiro atoms. The molecule has 0 bridgehead atoms. The zero-order chi connectivity index (χ0) is 36.6. The Bertz CT molecular complexity index is 2600. The first-order chi connectivity index (χ1) is 26.3. The first kappa shape index (κ1) is 32.7. The smallest absolute Gasteiger partial charge is 0.0540 e. The zero-order valence-electron chi connectivity index (χ0n) is 31.6. The van der Waals surface area contributed by atoms with Gasteiger partial charge >= 0.3 is 0 Å². The highest BCUT2D eigenvalue weighted by atomic mass is 15.1. The van der Waals surface area contributed by atoms with Crippen LogP contribution in [0.2, 0.25) is 0 Å². The predicted molar refractivity (Wildman–Crippen MR) is 227 cm³/mol. The van der Waals surface area contributed by atoms with Crippen molar-refractivity contribution in [2.24, 2.45) is 5.92 Å². The highest BCUT2D eigenvalue weighted by Crippen LogP contribution is 2.56. The summed E-state index contributed by atoms with van der Waals surface area (Å²) in [6.45, 7) is 9.62. The van der Waals surface area contributed by atoms with Gasteiger partial charge in [0.25, 0.3) is 0 Å². The van der Waals surface area contributed by atoms with Crippen molar-refractivity contribution >= 4 is 22.6 Å². The molecule has 3 aliphatic rings. The highest BCUT2D eigenvalue weighted by Gasteiger charge is 2.44. The van der Waals surface area contributed by atoms with E-state index in [4.69, 9.17) is 0 Å². The monoisotopic (exact) mass is 695 g/mol. The number of allylic oxidation sites excluding steroid dienone is 1. The summed E-state index contributed by atoms with van der Waals surface area (Å²) >= 11 is 0. The van der Waals surface area contributed by atoms with E-state index >= 15 is 0 Å². The van der Waals surface area contributed by atoms with Gasteiger partial charge in [-0.25, -0.2) is 0 Å². The van der Waals surface area contributed by atoms with Crippen molar-refractivity contribution in [2.75, 3.05) is 4.90 Å². The average Bonchev–Trinajstić information content (AvgIpc) is 3.59. The molecule has 0 saturated heterocycles. The van der Waals surface area contributed by atoms with E-state index in [1.807, 2.05) is 0 Å². The van der Waals surface area contributed by atoms with Gasteiger partial charge in [0, 0.05) is 27.8 Å². The molecule has 3 aliphatic carbocycles. The molecule has 0 aromatic heterocycles. The molecule has 7 aromatic rings. The fraction of sp³-hybridized carbons (Fsp3) is 0.170. The highest BCUT2D eigenvalue weighted by molar-refractivity contribution is 5.93. The van der Waals surface area contributed by atoms with E-state index in [2.05, 4.69) is 202 Å². The molecular weight excluding hydrogens is 651 g/mol. The van der Waals surface area contributed by atoms with Crippen LogP contribution in [0.1, 0.15) is 66.6 Å². The molecule has 0 saturated carbocycles. The minimum atomic E-state index is -0.0871. The molecule has 10 rings (SSSR count). The number of benzene rings is 7. The third kappa shape index (κ3) is 4.98. The molecule has 0 amide bonds. The number of fused-ring (bicyclic) bond motifs is 7. The Kier molecular flexibility index (Phi) is 7.46. The van der Waals surface area contributed by atoms with Crippen molar-refractivity contribution in [1.29, 1.82) is 0 Å². The lowest BCUT2D eigenvalue weighted by Gasteiger charge is -2.35. The van der Waals surface area contributed by atoms with E-state index in [1.165, 1.54) is 78.1 Å². The minimum absolute atomic E-state index is 0.0109. The third-order valence-corrected chi connectivity index (χ3v) is 12.7. The van der Waals surface area contributed by atoms with Crippen molar-refractivity contribution in [2.45, 2.75) is 51.4 Å². The van der Waals surface area contributed by atoms with Gasteiger partial charge in [-0.05, 0) is 116 Å². The molecule has 7 aromatic carbocycles. The quantitative estimate of drug-likeness (QED) is 0.167. The molecule has 1 atom stereocenters. The fourth-order valence-corrected chi connectivity index (χ4v) is 10.2. The Balaban J connectivity index is 1.07. The van der Waals surface area contributed by atoms with E-state index in [-0.39, 0.29) is 10.8 Å². The lowest BCUT2D eigenvalue weighted by molar-refractivity contribution is 0.492. The summed E-state index contributed by atoms with van der Waals surface area (Å²) in [6.07, 6.45) is 2.08. The summed E-state index contributed by atoms with van der Waals surface area (Å²) in [5.41, 5.74) is 21.5. The van der Waals surface area contributed by atoms with E-state index in [1.54, 1.807) is 5.57 Å². The van der Waals surface area contributed by atoms with Crippen LogP contribution in [0, 0.1) is 5.92 Å². The molecule has 1 nitrogen and oxygen atoms in total. The van der Waals surface area contributed by atoms with E-state index in [0.717, 1.165) is 18.5 Å². The van der Waals surface area contributed by atoms with Crippen molar-refractivity contribution in [3.63, 3.8) is 0 Å². The standard InChI is InChI=1S/C53H45N/c1-52(2)46-23-13-10-21-43(46)44-31-30-40(34-48(44)52)54(49-25-15-12-19-41(49)36-16-6-5-7-17-36)39-28-26-35(27-29-39)32-38-33-37-18-8-9-20-42(37)50-45-22-11-14-24-47(45)53(3,4)51(38)50/h5-31,34,38H,32-33H2,1-4H3/t38-/m1/s1. The number of hydrogen-bond donors (Lipinski definition) is 0. The zero-order valence-corrected chi connectivity index (χ0v) is 31.6. The molecule has 1 heteroatoms. The van der Waals surface area contributed by atoms with Crippen LogP contribution in [0.4, 0.5) is 17.1 Å². The minimum Gasteiger partial charge on any atom is -0.310 e. The van der Waals surface area contributed by atoms with E-state index in [0.29, 0.717) is 5.92 Å². The first-order valence-corrected chi connectivity index (χ1v) is 19.5. The van der Waals surface area contributed by atoms with Gasteiger partial charge in [0.2, 0.25) is 0 Å². The summed E-state index contributed by atoms with van der Waals surface area (Å²) in [7, 11) is 0. The number of anilines is 3. The van der Waals surface area contributed by atoms with Crippen molar-refractivity contribution in [3.05, 3.63) is 214 Å². The van der Waals surface area contributed by atoms with Crippen LogP contribution in [-0.4, -0.2) is 0 Å². The second kappa shape index (κ2) is 12.3. The van der Waals surface area contributed by atoms with Crippen LogP contribution in [0.15, 0.2) is 175 Å². The van der Waals surface area contributed by atoms with Crippen LogP contribution < -0.4 is 4.90 Å². The maximum Gasteiger partial charge on any atom is 0.0540 e. The van der Waals surface area contributed by atoms with Crippen molar-refractivity contribution < 1.29 is 0 Å². The van der Waals surface area contributed by atoms with Crippen LogP contribution in [0.5, 0.6) is 0 Å². The Morgan fingerprint density at radius 3 is 1.81 bits per heavy atom. The Morgan fingerprint density at radius 1 is 0.481 bits per heavy atom. The average molecular weight is 696 g/mol. The molecule has 0 heterocycles. The van der Waals surface area contributed by atoms with Crippen LogP contribution in [0.3, 0.4) is 0 Å². The number of rotatable bonds is 6. The molecule has 0 aliphatic heterocycles. The molecule has 0 unspecified atom stereocenters. The molecule has 262 valence electrons.